The van der Waals surface area contributed by atoms with Gasteiger partial charge in [0, 0.05) is 5.69 Å². The van der Waals surface area contributed by atoms with Crippen LogP contribution >= 0.6 is 0 Å². The fraction of sp³-hybridized carbons (Fsp3) is 0.300. The second-order valence-corrected chi connectivity index (χ2v) is 6.63. The Labute approximate surface area is 142 Å². The molecular weight excluding hydrogens is 300 g/mol. The van der Waals surface area contributed by atoms with E-state index in [0.29, 0.717) is 5.69 Å². The second kappa shape index (κ2) is 6.11. The average Bonchev–Trinajstić information content (AvgIpc) is 2.75. The Morgan fingerprint density at radius 3 is 2.21 bits per heavy atom. The van der Waals surface area contributed by atoms with Crippen LogP contribution in [0.1, 0.15) is 28.7 Å². The van der Waals surface area contributed by atoms with Crippen molar-refractivity contribution in [1.82, 2.24) is 0 Å². The Bertz CT molecular complexity index is 806. The number of hydrogen-bond donors (Lipinski definition) is 1. The Kier molecular flexibility index (Phi) is 4.14. The molecule has 1 fully saturated rings. The summed E-state index contributed by atoms with van der Waals surface area (Å²) >= 11 is 0. The molecule has 1 saturated heterocycles. The van der Waals surface area contributed by atoms with E-state index in [-0.39, 0.29) is 18.2 Å². The maximum Gasteiger partial charge on any atom is 0.256 e. The predicted octanol–water partition coefficient (Wildman–Crippen LogP) is 3.66. The van der Waals surface area contributed by atoms with E-state index in [1.807, 2.05) is 58.0 Å². The van der Waals surface area contributed by atoms with Crippen LogP contribution in [-0.4, -0.2) is 17.9 Å². The average molecular weight is 322 g/mol. The predicted molar refractivity (Wildman–Crippen MR) is 96.4 cm³/mol. The highest BCUT2D eigenvalue weighted by molar-refractivity contribution is 6.23. The van der Waals surface area contributed by atoms with Crippen molar-refractivity contribution in [3.8, 4) is 0 Å². The molecule has 2 aromatic carbocycles. The molecule has 0 aromatic heterocycles. The summed E-state index contributed by atoms with van der Waals surface area (Å²) in [5, 5.41) is 3.23. The van der Waals surface area contributed by atoms with Gasteiger partial charge < -0.3 is 5.32 Å². The van der Waals surface area contributed by atoms with Crippen molar-refractivity contribution in [3.05, 3.63) is 58.7 Å². The van der Waals surface area contributed by atoms with E-state index >= 15 is 0 Å². The lowest BCUT2D eigenvalue weighted by Crippen LogP contribution is -2.35. The van der Waals surface area contributed by atoms with E-state index in [2.05, 4.69) is 11.4 Å². The molecule has 4 nitrogen and oxygen atoms in total. The number of imide groups is 1. The Balaban J connectivity index is 1.86. The van der Waals surface area contributed by atoms with Crippen LogP contribution in [0.5, 0.6) is 0 Å². The van der Waals surface area contributed by atoms with Gasteiger partial charge >= 0.3 is 0 Å². The lowest BCUT2D eigenvalue weighted by Gasteiger charge is -2.18. The molecule has 24 heavy (non-hydrogen) atoms. The quantitative estimate of drug-likeness (QED) is 0.877. The Hall–Kier alpha value is -2.62. The number of carbonyl (C=O) groups is 2. The van der Waals surface area contributed by atoms with E-state index in [0.717, 1.165) is 22.4 Å². The summed E-state index contributed by atoms with van der Waals surface area (Å²) in [7, 11) is 0. The first-order valence-electron chi connectivity index (χ1n) is 8.14. The van der Waals surface area contributed by atoms with Crippen molar-refractivity contribution >= 4 is 23.2 Å². The van der Waals surface area contributed by atoms with Crippen LogP contribution in [0.4, 0.5) is 11.4 Å². The van der Waals surface area contributed by atoms with Crippen LogP contribution in [0.2, 0.25) is 0 Å². The Morgan fingerprint density at radius 2 is 1.58 bits per heavy atom. The summed E-state index contributed by atoms with van der Waals surface area (Å²) in [6, 6.07) is 11.3. The van der Waals surface area contributed by atoms with Crippen molar-refractivity contribution < 1.29 is 9.59 Å². The summed E-state index contributed by atoms with van der Waals surface area (Å²) in [4.78, 5) is 26.5. The molecule has 0 saturated carbocycles. The second-order valence-electron chi connectivity index (χ2n) is 6.63. The van der Waals surface area contributed by atoms with Crippen LogP contribution < -0.4 is 10.2 Å². The number of hydrogen-bond acceptors (Lipinski definition) is 3. The molecule has 124 valence electrons. The molecule has 3 rings (SSSR count). The number of amides is 2. The van der Waals surface area contributed by atoms with Crippen molar-refractivity contribution in [2.45, 2.75) is 40.2 Å². The number of carbonyl (C=O) groups excluding carboxylic acids is 2. The first-order chi connectivity index (χ1) is 11.3. The number of nitrogens with one attached hydrogen (secondary N) is 1. The molecule has 0 spiro atoms. The minimum absolute atomic E-state index is 0.160. The third-order valence-electron chi connectivity index (χ3n) is 4.32. The molecule has 2 aromatic rings. The molecule has 0 aliphatic carbocycles. The maximum atomic E-state index is 12.8. The molecule has 4 heteroatoms. The smallest absolute Gasteiger partial charge is 0.256 e. The van der Waals surface area contributed by atoms with Crippen LogP contribution in [0.15, 0.2) is 36.4 Å². The molecule has 1 N–H and O–H groups in total. The molecule has 2 amide bonds. The normalized spacial score (nSPS) is 17.5. The number of anilines is 2. The number of aryl methyl sites for hydroxylation is 4. The monoisotopic (exact) mass is 322 g/mol. The number of nitrogens with zero attached hydrogens (tertiary/aromatic N) is 1. The molecule has 0 radical (unpaired) electrons. The summed E-state index contributed by atoms with van der Waals surface area (Å²) < 4.78 is 0. The van der Waals surface area contributed by atoms with Crippen LogP contribution in [-0.2, 0) is 9.59 Å². The number of rotatable bonds is 3. The van der Waals surface area contributed by atoms with E-state index in [1.165, 1.54) is 10.5 Å². The molecule has 1 unspecified atom stereocenters. The van der Waals surface area contributed by atoms with Gasteiger partial charge in [0.15, 0.2) is 0 Å². The molecule has 1 heterocycles. The van der Waals surface area contributed by atoms with Gasteiger partial charge in [-0.25, -0.2) is 4.90 Å². The van der Waals surface area contributed by atoms with Crippen LogP contribution in [0.25, 0.3) is 0 Å². The summed E-state index contributed by atoms with van der Waals surface area (Å²) in [5.41, 5.74) is 5.87. The van der Waals surface area contributed by atoms with Crippen molar-refractivity contribution in [2.24, 2.45) is 0 Å². The summed E-state index contributed by atoms with van der Waals surface area (Å²) in [6.45, 7) is 7.96. The van der Waals surface area contributed by atoms with E-state index < -0.39 is 6.04 Å². The highest BCUT2D eigenvalue weighted by atomic mass is 16.2. The van der Waals surface area contributed by atoms with Gasteiger partial charge in [-0.2, -0.15) is 0 Å². The van der Waals surface area contributed by atoms with E-state index in [4.69, 9.17) is 0 Å². The zero-order chi connectivity index (χ0) is 17.4. The minimum Gasteiger partial charge on any atom is -0.373 e. The largest absolute Gasteiger partial charge is 0.373 e. The lowest BCUT2D eigenvalue weighted by molar-refractivity contribution is -0.121. The van der Waals surface area contributed by atoms with Crippen molar-refractivity contribution in [2.75, 3.05) is 10.2 Å². The van der Waals surface area contributed by atoms with E-state index in [1.54, 1.807) is 0 Å². The van der Waals surface area contributed by atoms with Gasteiger partial charge in [0.25, 0.3) is 5.91 Å². The van der Waals surface area contributed by atoms with Gasteiger partial charge in [-0.3, -0.25) is 9.59 Å². The summed E-state index contributed by atoms with van der Waals surface area (Å²) in [6.07, 6.45) is 0.180. The zero-order valence-corrected chi connectivity index (χ0v) is 14.5. The third kappa shape index (κ3) is 3.04. The molecule has 1 aliphatic rings. The van der Waals surface area contributed by atoms with Crippen molar-refractivity contribution in [1.29, 1.82) is 0 Å². The molecule has 1 atom stereocenters. The standard InChI is InChI=1S/C20H22N2O2/c1-12-5-6-17(15(4)8-12)21-18-11-19(23)22(20(18)24)16-9-13(2)7-14(3)10-16/h5-10,18,21H,11H2,1-4H3. The highest BCUT2D eigenvalue weighted by Gasteiger charge is 2.39. The SMILES string of the molecule is Cc1cc(C)cc(N2C(=O)CC(Nc3ccc(C)cc3C)C2=O)c1. The van der Waals surface area contributed by atoms with E-state index in [9.17, 15) is 9.59 Å². The Morgan fingerprint density at radius 1 is 0.917 bits per heavy atom. The zero-order valence-electron chi connectivity index (χ0n) is 14.5. The number of benzene rings is 2. The molecular formula is C20H22N2O2. The minimum atomic E-state index is -0.514. The highest BCUT2D eigenvalue weighted by Crippen LogP contribution is 2.27. The van der Waals surface area contributed by atoms with Crippen LogP contribution in [0.3, 0.4) is 0 Å². The third-order valence-corrected chi connectivity index (χ3v) is 4.32. The van der Waals surface area contributed by atoms with Gasteiger partial charge in [-0.1, -0.05) is 23.8 Å². The molecule has 1 aliphatic heterocycles. The summed E-state index contributed by atoms with van der Waals surface area (Å²) in [5.74, 6) is -0.350. The maximum absolute atomic E-state index is 12.8. The lowest BCUT2D eigenvalue weighted by atomic mass is 10.1. The fourth-order valence-electron chi connectivity index (χ4n) is 3.26. The topological polar surface area (TPSA) is 49.4 Å². The first kappa shape index (κ1) is 16.2. The van der Waals surface area contributed by atoms with Crippen molar-refractivity contribution in [3.63, 3.8) is 0 Å². The fourth-order valence-corrected chi connectivity index (χ4v) is 3.26. The van der Waals surface area contributed by atoms with Gasteiger partial charge in [-0.05, 0) is 62.6 Å². The first-order valence-corrected chi connectivity index (χ1v) is 8.14. The molecule has 0 bridgehead atoms. The van der Waals surface area contributed by atoms with Gasteiger partial charge in [0.2, 0.25) is 5.91 Å². The van der Waals surface area contributed by atoms with Gasteiger partial charge in [0.05, 0.1) is 12.1 Å². The van der Waals surface area contributed by atoms with Gasteiger partial charge in [-0.15, -0.1) is 0 Å². The van der Waals surface area contributed by atoms with Crippen LogP contribution in [0, 0.1) is 27.7 Å². The van der Waals surface area contributed by atoms with Gasteiger partial charge in [0.1, 0.15) is 6.04 Å².